The number of carbonyl (C=O) groups is 1. The molecule has 1 aromatic heterocycles. The van der Waals surface area contributed by atoms with Crippen molar-refractivity contribution in [3.63, 3.8) is 0 Å². The Morgan fingerprint density at radius 1 is 1.27 bits per heavy atom. The number of nitrogens with one attached hydrogen (secondary N) is 1. The third-order valence-corrected chi connectivity index (χ3v) is 4.72. The van der Waals surface area contributed by atoms with Gasteiger partial charge in [-0.2, -0.15) is 5.10 Å². The summed E-state index contributed by atoms with van der Waals surface area (Å²) in [6, 6.07) is 6.86. The van der Waals surface area contributed by atoms with Crippen LogP contribution in [0.3, 0.4) is 0 Å². The van der Waals surface area contributed by atoms with Crippen LogP contribution in [-0.2, 0) is 6.54 Å². The van der Waals surface area contributed by atoms with E-state index in [9.17, 15) is 9.18 Å². The number of amides is 1. The largest absolute Gasteiger partial charge is 0.494 e. The molecule has 140 valence electrons. The number of carbonyl (C=O) groups excluding carboxylic acids is 1. The summed E-state index contributed by atoms with van der Waals surface area (Å²) in [6.45, 7) is 7.55. The molecule has 0 unspecified atom stereocenters. The lowest BCUT2D eigenvalue weighted by molar-refractivity contribution is 0.0622. The van der Waals surface area contributed by atoms with Gasteiger partial charge in [0.1, 0.15) is 5.69 Å². The molecule has 7 heteroatoms. The summed E-state index contributed by atoms with van der Waals surface area (Å²) >= 11 is 0. The van der Waals surface area contributed by atoms with Crippen molar-refractivity contribution in [3.05, 3.63) is 47.0 Å². The van der Waals surface area contributed by atoms with Crippen LogP contribution in [0.2, 0.25) is 0 Å². The number of H-pyrrole nitrogens is 1. The van der Waals surface area contributed by atoms with E-state index >= 15 is 0 Å². The van der Waals surface area contributed by atoms with Crippen LogP contribution < -0.4 is 4.74 Å². The quantitative estimate of drug-likeness (QED) is 0.890. The Bertz CT molecular complexity index is 767. The molecule has 2 aromatic rings. The number of methoxy groups -OCH3 is 1. The predicted octanol–water partition coefficient (Wildman–Crippen LogP) is 2.64. The number of ether oxygens (including phenoxy) is 1. The van der Waals surface area contributed by atoms with Crippen molar-refractivity contribution in [2.75, 3.05) is 33.3 Å². The van der Waals surface area contributed by atoms with Crippen LogP contribution in [0.4, 0.5) is 4.39 Å². The van der Waals surface area contributed by atoms with Crippen LogP contribution in [-0.4, -0.2) is 59.2 Å². The number of hydrogen-bond acceptors (Lipinski definition) is 4. The standard InChI is InChI=1S/C19H25FN4O2/c1-13(2)16-11-17(22-21-16)19(25)24-8-6-23(7-9-24)12-14-4-5-18(26-3)15(20)10-14/h4-5,10-11,13H,6-9,12H2,1-3H3,(H,21,22). The second-order valence-electron chi connectivity index (χ2n) is 6.90. The van der Waals surface area contributed by atoms with Crippen molar-refractivity contribution in [2.24, 2.45) is 0 Å². The van der Waals surface area contributed by atoms with Crippen molar-refractivity contribution in [3.8, 4) is 5.75 Å². The second kappa shape index (κ2) is 7.86. The van der Waals surface area contributed by atoms with E-state index in [1.807, 2.05) is 17.0 Å². The zero-order valence-electron chi connectivity index (χ0n) is 15.5. The Balaban J connectivity index is 1.55. The predicted molar refractivity (Wildman–Crippen MR) is 96.8 cm³/mol. The molecule has 0 aliphatic carbocycles. The van der Waals surface area contributed by atoms with Gasteiger partial charge in [-0.05, 0) is 29.7 Å². The first-order valence-corrected chi connectivity index (χ1v) is 8.87. The molecular formula is C19H25FN4O2. The molecule has 0 spiro atoms. The SMILES string of the molecule is COc1ccc(CN2CCN(C(=O)c3cc(C(C)C)[nH]n3)CC2)cc1F. The number of nitrogens with zero attached hydrogens (tertiary/aromatic N) is 3. The zero-order valence-corrected chi connectivity index (χ0v) is 15.5. The summed E-state index contributed by atoms with van der Waals surface area (Å²) in [5, 5.41) is 7.07. The van der Waals surface area contributed by atoms with Gasteiger partial charge in [-0.15, -0.1) is 0 Å². The molecule has 0 atom stereocenters. The molecule has 0 saturated carbocycles. The summed E-state index contributed by atoms with van der Waals surface area (Å²) < 4.78 is 18.8. The van der Waals surface area contributed by atoms with Gasteiger partial charge in [-0.3, -0.25) is 14.8 Å². The number of aromatic amines is 1. The fraction of sp³-hybridized carbons (Fsp3) is 0.474. The molecule has 1 aromatic carbocycles. The second-order valence-corrected chi connectivity index (χ2v) is 6.90. The topological polar surface area (TPSA) is 61.5 Å². The van der Waals surface area contributed by atoms with E-state index in [0.29, 0.717) is 31.2 Å². The number of aromatic nitrogens is 2. The average Bonchev–Trinajstić information content (AvgIpc) is 3.12. The third-order valence-electron chi connectivity index (χ3n) is 4.72. The molecule has 6 nitrogen and oxygen atoms in total. The molecule has 1 saturated heterocycles. The molecule has 1 fully saturated rings. The highest BCUT2D eigenvalue weighted by atomic mass is 19.1. The maximum absolute atomic E-state index is 13.8. The van der Waals surface area contributed by atoms with Gasteiger partial charge < -0.3 is 9.64 Å². The summed E-state index contributed by atoms with van der Waals surface area (Å²) in [5.41, 5.74) is 2.34. The Kier molecular flexibility index (Phi) is 5.56. The van der Waals surface area contributed by atoms with Crippen molar-refractivity contribution in [1.29, 1.82) is 0 Å². The van der Waals surface area contributed by atoms with Gasteiger partial charge in [0.2, 0.25) is 0 Å². The monoisotopic (exact) mass is 360 g/mol. The minimum absolute atomic E-state index is 0.0386. The summed E-state index contributed by atoms with van der Waals surface area (Å²) in [6.07, 6.45) is 0. The van der Waals surface area contributed by atoms with Crippen molar-refractivity contribution >= 4 is 5.91 Å². The fourth-order valence-corrected chi connectivity index (χ4v) is 3.08. The lowest BCUT2D eigenvalue weighted by Gasteiger charge is -2.34. The minimum atomic E-state index is -0.349. The van der Waals surface area contributed by atoms with E-state index in [1.54, 1.807) is 6.07 Å². The molecule has 3 rings (SSSR count). The number of hydrogen-bond donors (Lipinski definition) is 1. The van der Waals surface area contributed by atoms with Crippen LogP contribution in [0, 0.1) is 5.82 Å². The molecule has 26 heavy (non-hydrogen) atoms. The minimum Gasteiger partial charge on any atom is -0.494 e. The lowest BCUT2D eigenvalue weighted by Crippen LogP contribution is -2.48. The molecule has 1 N–H and O–H groups in total. The van der Waals surface area contributed by atoms with Gasteiger partial charge in [0.15, 0.2) is 11.6 Å². The van der Waals surface area contributed by atoms with Crippen molar-refractivity contribution in [1.82, 2.24) is 20.0 Å². The molecule has 1 amide bonds. The Hall–Kier alpha value is -2.41. The third kappa shape index (κ3) is 4.04. The summed E-state index contributed by atoms with van der Waals surface area (Å²) in [7, 11) is 1.46. The van der Waals surface area contributed by atoms with Gasteiger partial charge in [0.25, 0.3) is 5.91 Å². The van der Waals surface area contributed by atoms with Gasteiger partial charge in [-0.1, -0.05) is 19.9 Å². The normalized spacial score (nSPS) is 15.5. The molecule has 0 radical (unpaired) electrons. The van der Waals surface area contributed by atoms with Crippen molar-refractivity contribution in [2.45, 2.75) is 26.3 Å². The number of rotatable bonds is 5. The van der Waals surface area contributed by atoms with E-state index in [0.717, 1.165) is 24.3 Å². The highest BCUT2D eigenvalue weighted by Gasteiger charge is 2.24. The van der Waals surface area contributed by atoms with Crippen LogP contribution >= 0.6 is 0 Å². The first kappa shape index (κ1) is 18.4. The van der Waals surface area contributed by atoms with E-state index in [4.69, 9.17) is 4.74 Å². The number of benzene rings is 1. The molecule has 1 aliphatic heterocycles. The Labute approximate surface area is 152 Å². The van der Waals surface area contributed by atoms with Gasteiger partial charge in [0.05, 0.1) is 7.11 Å². The summed E-state index contributed by atoms with van der Waals surface area (Å²) in [4.78, 5) is 16.6. The van der Waals surface area contributed by atoms with Crippen molar-refractivity contribution < 1.29 is 13.9 Å². The Morgan fingerprint density at radius 2 is 2.00 bits per heavy atom. The highest BCUT2D eigenvalue weighted by molar-refractivity contribution is 5.92. The van der Waals surface area contributed by atoms with Crippen LogP contribution in [0.1, 0.15) is 41.5 Å². The number of halogens is 1. The van der Waals surface area contributed by atoms with Gasteiger partial charge in [0, 0.05) is 38.4 Å². The Morgan fingerprint density at radius 3 is 2.58 bits per heavy atom. The first-order valence-electron chi connectivity index (χ1n) is 8.87. The number of piperazine rings is 1. The van der Waals surface area contributed by atoms with Gasteiger partial charge >= 0.3 is 0 Å². The molecule has 0 bridgehead atoms. The van der Waals surface area contributed by atoms with E-state index in [-0.39, 0.29) is 17.5 Å². The van der Waals surface area contributed by atoms with Gasteiger partial charge in [-0.25, -0.2) is 4.39 Å². The lowest BCUT2D eigenvalue weighted by atomic mass is 10.1. The molecule has 2 heterocycles. The maximum atomic E-state index is 13.8. The average molecular weight is 360 g/mol. The maximum Gasteiger partial charge on any atom is 0.274 e. The molecular weight excluding hydrogens is 335 g/mol. The summed E-state index contributed by atoms with van der Waals surface area (Å²) in [5.74, 6) is 0.177. The van der Waals surface area contributed by atoms with Crippen LogP contribution in [0.25, 0.3) is 0 Å². The van der Waals surface area contributed by atoms with E-state index < -0.39 is 0 Å². The smallest absolute Gasteiger partial charge is 0.274 e. The van der Waals surface area contributed by atoms with E-state index in [1.165, 1.54) is 13.2 Å². The van der Waals surface area contributed by atoms with Crippen LogP contribution in [0.15, 0.2) is 24.3 Å². The fourth-order valence-electron chi connectivity index (χ4n) is 3.08. The first-order chi connectivity index (χ1) is 12.5. The van der Waals surface area contributed by atoms with Crippen LogP contribution in [0.5, 0.6) is 5.75 Å². The highest BCUT2D eigenvalue weighted by Crippen LogP contribution is 2.19. The zero-order chi connectivity index (χ0) is 18.7. The van der Waals surface area contributed by atoms with E-state index in [2.05, 4.69) is 28.9 Å². The molecule has 1 aliphatic rings.